The van der Waals surface area contributed by atoms with E-state index in [1.807, 2.05) is 37.4 Å². The van der Waals surface area contributed by atoms with Crippen LogP contribution in [-0.2, 0) is 0 Å². The number of nitrogens with zero attached hydrogens (tertiary/aromatic N) is 2. The maximum Gasteiger partial charge on any atom is 0.258 e. The van der Waals surface area contributed by atoms with Gasteiger partial charge in [0.1, 0.15) is 5.75 Å². The lowest BCUT2D eigenvalue weighted by molar-refractivity contribution is 0.432. The number of aromatic nitrogens is 2. The van der Waals surface area contributed by atoms with Crippen LogP contribution in [0.5, 0.6) is 5.75 Å². The quantitative estimate of drug-likeness (QED) is 0.762. The molecular formula is C15H13N3O2. The second kappa shape index (κ2) is 5.05. The van der Waals surface area contributed by atoms with Crippen molar-refractivity contribution in [3.05, 3.63) is 48.5 Å². The summed E-state index contributed by atoms with van der Waals surface area (Å²) in [7, 11) is 1.86. The summed E-state index contributed by atoms with van der Waals surface area (Å²) >= 11 is 0. The summed E-state index contributed by atoms with van der Waals surface area (Å²) in [5, 5.41) is 16.4. The third-order valence-electron chi connectivity index (χ3n) is 2.95. The van der Waals surface area contributed by atoms with E-state index in [9.17, 15) is 5.11 Å². The van der Waals surface area contributed by atoms with E-state index >= 15 is 0 Å². The van der Waals surface area contributed by atoms with E-state index in [1.165, 1.54) is 0 Å². The molecule has 5 heteroatoms. The van der Waals surface area contributed by atoms with Crippen molar-refractivity contribution in [3.63, 3.8) is 0 Å². The van der Waals surface area contributed by atoms with Gasteiger partial charge in [0.15, 0.2) is 0 Å². The molecular weight excluding hydrogens is 254 g/mol. The SMILES string of the molecule is CNc1ccc(-c2nc(-c3cccc(O)c3)no2)cc1. The molecule has 0 aliphatic heterocycles. The van der Waals surface area contributed by atoms with E-state index in [0.717, 1.165) is 11.3 Å². The molecule has 0 fully saturated rings. The molecule has 0 aliphatic rings. The number of hydrogen-bond acceptors (Lipinski definition) is 5. The third kappa shape index (κ3) is 2.33. The van der Waals surface area contributed by atoms with Crippen LogP contribution in [0.4, 0.5) is 5.69 Å². The smallest absolute Gasteiger partial charge is 0.258 e. The van der Waals surface area contributed by atoms with Gasteiger partial charge in [-0.2, -0.15) is 4.98 Å². The molecule has 1 heterocycles. The van der Waals surface area contributed by atoms with Crippen LogP contribution in [0.25, 0.3) is 22.8 Å². The molecule has 0 unspecified atom stereocenters. The van der Waals surface area contributed by atoms with E-state index in [-0.39, 0.29) is 5.75 Å². The molecule has 0 amide bonds. The standard InChI is InChI=1S/C15H13N3O2/c1-16-12-7-5-10(6-8-12)15-17-14(18-20-15)11-3-2-4-13(19)9-11/h2-9,16,19H,1H3. The lowest BCUT2D eigenvalue weighted by atomic mass is 10.2. The molecule has 1 aromatic heterocycles. The summed E-state index contributed by atoms with van der Waals surface area (Å²) < 4.78 is 5.26. The summed E-state index contributed by atoms with van der Waals surface area (Å²) in [5.41, 5.74) is 2.58. The van der Waals surface area contributed by atoms with Gasteiger partial charge in [-0.3, -0.25) is 0 Å². The maximum atomic E-state index is 9.46. The summed E-state index contributed by atoms with van der Waals surface area (Å²) in [6, 6.07) is 14.4. The van der Waals surface area contributed by atoms with E-state index < -0.39 is 0 Å². The average molecular weight is 267 g/mol. The van der Waals surface area contributed by atoms with Gasteiger partial charge < -0.3 is 14.9 Å². The van der Waals surface area contributed by atoms with Gasteiger partial charge in [-0.15, -0.1) is 0 Å². The Labute approximate surface area is 115 Å². The second-order valence-electron chi connectivity index (χ2n) is 4.30. The fourth-order valence-electron chi connectivity index (χ4n) is 1.88. The molecule has 5 nitrogen and oxygen atoms in total. The molecule has 0 atom stereocenters. The van der Waals surface area contributed by atoms with Gasteiger partial charge >= 0.3 is 0 Å². The summed E-state index contributed by atoms with van der Waals surface area (Å²) in [4.78, 5) is 4.34. The highest BCUT2D eigenvalue weighted by atomic mass is 16.5. The number of anilines is 1. The number of hydrogen-bond donors (Lipinski definition) is 2. The van der Waals surface area contributed by atoms with E-state index in [0.29, 0.717) is 17.3 Å². The van der Waals surface area contributed by atoms with Gasteiger partial charge in [0.05, 0.1) is 0 Å². The Balaban J connectivity index is 1.93. The summed E-state index contributed by atoms with van der Waals surface area (Å²) in [5.74, 6) is 1.08. The van der Waals surface area contributed by atoms with Gasteiger partial charge in [-0.1, -0.05) is 17.3 Å². The van der Waals surface area contributed by atoms with Crippen molar-refractivity contribution in [2.75, 3.05) is 12.4 Å². The first-order valence-corrected chi connectivity index (χ1v) is 6.17. The number of rotatable bonds is 3. The fourth-order valence-corrected chi connectivity index (χ4v) is 1.88. The molecule has 20 heavy (non-hydrogen) atoms. The normalized spacial score (nSPS) is 10.4. The van der Waals surface area contributed by atoms with Crippen molar-refractivity contribution < 1.29 is 9.63 Å². The monoisotopic (exact) mass is 267 g/mol. The minimum atomic E-state index is 0.173. The molecule has 0 radical (unpaired) electrons. The van der Waals surface area contributed by atoms with E-state index in [2.05, 4.69) is 15.5 Å². The Morgan fingerprint density at radius 3 is 2.55 bits per heavy atom. The zero-order valence-electron chi connectivity index (χ0n) is 10.9. The van der Waals surface area contributed by atoms with Crippen molar-refractivity contribution in [2.45, 2.75) is 0 Å². The largest absolute Gasteiger partial charge is 0.508 e. The Morgan fingerprint density at radius 1 is 1.05 bits per heavy atom. The highest BCUT2D eigenvalue weighted by molar-refractivity contribution is 5.62. The maximum absolute atomic E-state index is 9.46. The Bertz CT molecular complexity index is 720. The highest BCUT2D eigenvalue weighted by Crippen LogP contribution is 2.25. The molecule has 2 N–H and O–H groups in total. The molecule has 3 rings (SSSR count). The third-order valence-corrected chi connectivity index (χ3v) is 2.95. The van der Waals surface area contributed by atoms with Crippen molar-refractivity contribution >= 4 is 5.69 Å². The Hall–Kier alpha value is -2.82. The second-order valence-corrected chi connectivity index (χ2v) is 4.30. The average Bonchev–Trinajstić information content (AvgIpc) is 2.97. The van der Waals surface area contributed by atoms with E-state index in [4.69, 9.17) is 4.52 Å². The molecule has 0 spiro atoms. The highest BCUT2D eigenvalue weighted by Gasteiger charge is 2.10. The van der Waals surface area contributed by atoms with Crippen molar-refractivity contribution in [1.29, 1.82) is 0 Å². The van der Waals surface area contributed by atoms with Gasteiger partial charge in [-0.25, -0.2) is 0 Å². The van der Waals surface area contributed by atoms with Crippen LogP contribution in [-0.4, -0.2) is 22.3 Å². The summed E-state index contributed by atoms with van der Waals surface area (Å²) in [6.07, 6.45) is 0. The predicted molar refractivity (Wildman–Crippen MR) is 76.4 cm³/mol. The zero-order valence-corrected chi connectivity index (χ0v) is 10.9. The van der Waals surface area contributed by atoms with E-state index in [1.54, 1.807) is 18.2 Å². The van der Waals surface area contributed by atoms with Crippen LogP contribution in [0.3, 0.4) is 0 Å². The first-order chi connectivity index (χ1) is 9.76. The van der Waals surface area contributed by atoms with Gasteiger partial charge in [0, 0.05) is 23.9 Å². The Kier molecular flexibility index (Phi) is 3.09. The number of phenols is 1. The van der Waals surface area contributed by atoms with Crippen LogP contribution in [0.15, 0.2) is 53.1 Å². The van der Waals surface area contributed by atoms with Gasteiger partial charge in [-0.05, 0) is 36.4 Å². The molecule has 3 aromatic rings. The summed E-state index contributed by atoms with van der Waals surface area (Å²) in [6.45, 7) is 0. The van der Waals surface area contributed by atoms with Crippen LogP contribution in [0, 0.1) is 0 Å². The van der Waals surface area contributed by atoms with Crippen LogP contribution in [0.1, 0.15) is 0 Å². The number of nitrogens with one attached hydrogen (secondary N) is 1. The number of phenolic OH excluding ortho intramolecular Hbond substituents is 1. The lowest BCUT2D eigenvalue weighted by Crippen LogP contribution is -1.87. The molecule has 0 saturated heterocycles. The first-order valence-electron chi connectivity index (χ1n) is 6.17. The number of aromatic hydroxyl groups is 1. The van der Waals surface area contributed by atoms with Crippen LogP contribution in [0.2, 0.25) is 0 Å². The minimum absolute atomic E-state index is 0.173. The molecule has 100 valence electrons. The van der Waals surface area contributed by atoms with Gasteiger partial charge in [0.25, 0.3) is 5.89 Å². The zero-order chi connectivity index (χ0) is 13.9. The number of benzene rings is 2. The van der Waals surface area contributed by atoms with Crippen molar-refractivity contribution in [1.82, 2.24) is 10.1 Å². The minimum Gasteiger partial charge on any atom is -0.508 e. The first kappa shape index (κ1) is 12.2. The predicted octanol–water partition coefficient (Wildman–Crippen LogP) is 3.15. The molecule has 0 aliphatic carbocycles. The molecule has 2 aromatic carbocycles. The van der Waals surface area contributed by atoms with Crippen molar-refractivity contribution in [3.8, 4) is 28.6 Å². The topological polar surface area (TPSA) is 71.2 Å². The van der Waals surface area contributed by atoms with Crippen LogP contribution >= 0.6 is 0 Å². The fraction of sp³-hybridized carbons (Fsp3) is 0.0667. The molecule has 0 bridgehead atoms. The van der Waals surface area contributed by atoms with Gasteiger partial charge in [0.2, 0.25) is 5.82 Å². The lowest BCUT2D eigenvalue weighted by Gasteiger charge is -1.99. The Morgan fingerprint density at radius 2 is 1.85 bits per heavy atom. The van der Waals surface area contributed by atoms with Crippen molar-refractivity contribution in [2.24, 2.45) is 0 Å². The molecule has 0 saturated carbocycles. The van der Waals surface area contributed by atoms with Crippen LogP contribution < -0.4 is 5.32 Å².